The first-order valence-electron chi connectivity index (χ1n) is 4.97. The first-order valence-corrected chi connectivity index (χ1v) is 4.97. The molecule has 0 radical (unpaired) electrons. The van der Waals surface area contributed by atoms with Crippen molar-refractivity contribution in [1.29, 1.82) is 0 Å². The van der Waals surface area contributed by atoms with Crippen molar-refractivity contribution in [2.45, 2.75) is 39.2 Å². The van der Waals surface area contributed by atoms with Gasteiger partial charge in [-0.15, -0.1) is 0 Å². The first kappa shape index (κ1) is 8.31. The van der Waals surface area contributed by atoms with Gasteiger partial charge in [-0.05, 0) is 25.7 Å². The molecule has 3 aliphatic rings. The van der Waals surface area contributed by atoms with Crippen LogP contribution in [0.15, 0.2) is 11.6 Å². The summed E-state index contributed by atoms with van der Waals surface area (Å²) in [4.78, 5) is 0. The highest BCUT2D eigenvalue weighted by Gasteiger charge is 2.42. The molecular formula is C11H18O. The van der Waals surface area contributed by atoms with Gasteiger partial charge in [-0.25, -0.2) is 0 Å². The van der Waals surface area contributed by atoms with Crippen molar-refractivity contribution in [2.75, 3.05) is 6.61 Å². The maximum atomic E-state index is 5.92. The molecule has 0 aromatic heterocycles. The van der Waals surface area contributed by atoms with E-state index in [-0.39, 0.29) is 5.60 Å². The highest BCUT2D eigenvalue weighted by molar-refractivity contribution is 5.21. The highest BCUT2D eigenvalue weighted by Crippen LogP contribution is 2.43. The minimum absolute atomic E-state index is 0.0961. The summed E-state index contributed by atoms with van der Waals surface area (Å²) in [7, 11) is 0. The van der Waals surface area contributed by atoms with E-state index in [4.69, 9.17) is 4.74 Å². The average molecular weight is 166 g/mol. The Kier molecular flexibility index (Phi) is 1.80. The smallest absolute Gasteiger partial charge is 0.0888 e. The molecule has 2 unspecified atom stereocenters. The summed E-state index contributed by atoms with van der Waals surface area (Å²) in [5.74, 6) is 1.35. The fourth-order valence-electron chi connectivity index (χ4n) is 2.41. The van der Waals surface area contributed by atoms with Gasteiger partial charge in [0, 0.05) is 5.92 Å². The molecule has 68 valence electrons. The molecule has 0 aromatic rings. The van der Waals surface area contributed by atoms with E-state index in [2.05, 4.69) is 26.8 Å². The van der Waals surface area contributed by atoms with Gasteiger partial charge in [-0.2, -0.15) is 0 Å². The van der Waals surface area contributed by atoms with Crippen LogP contribution < -0.4 is 0 Å². The predicted molar refractivity (Wildman–Crippen MR) is 50.0 cm³/mol. The summed E-state index contributed by atoms with van der Waals surface area (Å²) in [5.41, 5.74) is 1.65. The lowest BCUT2D eigenvalue weighted by molar-refractivity contribution is -0.102. The van der Waals surface area contributed by atoms with Crippen LogP contribution in [0.1, 0.15) is 33.6 Å². The standard InChI is InChI=1S/C11H18O/c1-8(2)11-5-4-10(7-12-11)9(3)6-11/h6,8,10H,4-5,7H2,1-3H3. The Morgan fingerprint density at radius 2 is 2.33 bits per heavy atom. The van der Waals surface area contributed by atoms with Crippen molar-refractivity contribution >= 4 is 0 Å². The Morgan fingerprint density at radius 3 is 2.67 bits per heavy atom. The Balaban J connectivity index is 2.32. The van der Waals surface area contributed by atoms with Crippen molar-refractivity contribution in [2.24, 2.45) is 11.8 Å². The number of fused-ring (bicyclic) bond motifs is 2. The minimum Gasteiger partial charge on any atom is -0.370 e. The van der Waals surface area contributed by atoms with Crippen molar-refractivity contribution in [3.05, 3.63) is 11.6 Å². The molecule has 0 aromatic carbocycles. The van der Waals surface area contributed by atoms with Crippen molar-refractivity contribution in [3.63, 3.8) is 0 Å². The van der Waals surface area contributed by atoms with Gasteiger partial charge in [0.25, 0.3) is 0 Å². The van der Waals surface area contributed by atoms with Crippen LogP contribution in [0.5, 0.6) is 0 Å². The van der Waals surface area contributed by atoms with Gasteiger partial charge < -0.3 is 4.74 Å². The molecular weight excluding hydrogens is 148 g/mol. The van der Waals surface area contributed by atoms with E-state index >= 15 is 0 Å². The van der Waals surface area contributed by atoms with Crippen LogP contribution in [0.3, 0.4) is 0 Å². The van der Waals surface area contributed by atoms with Crippen LogP contribution in [0.25, 0.3) is 0 Å². The van der Waals surface area contributed by atoms with E-state index in [9.17, 15) is 0 Å². The van der Waals surface area contributed by atoms with Gasteiger partial charge in [-0.1, -0.05) is 25.5 Å². The molecule has 2 heterocycles. The maximum Gasteiger partial charge on any atom is 0.0888 e. The Bertz CT molecular complexity index is 207. The summed E-state index contributed by atoms with van der Waals surface area (Å²) in [6.07, 6.45) is 4.93. The van der Waals surface area contributed by atoms with Crippen molar-refractivity contribution < 1.29 is 4.74 Å². The Hall–Kier alpha value is -0.300. The minimum atomic E-state index is 0.0961. The molecule has 0 spiro atoms. The Labute approximate surface area is 74.8 Å². The van der Waals surface area contributed by atoms with E-state index in [1.807, 2.05) is 0 Å². The van der Waals surface area contributed by atoms with E-state index < -0.39 is 0 Å². The summed E-state index contributed by atoms with van der Waals surface area (Å²) >= 11 is 0. The summed E-state index contributed by atoms with van der Waals surface area (Å²) in [5, 5.41) is 0. The Morgan fingerprint density at radius 1 is 1.58 bits per heavy atom. The molecule has 0 amide bonds. The quantitative estimate of drug-likeness (QED) is 0.544. The summed E-state index contributed by atoms with van der Waals surface area (Å²) < 4.78 is 5.92. The van der Waals surface area contributed by atoms with Crippen LogP contribution in [0.2, 0.25) is 0 Å². The lowest BCUT2D eigenvalue weighted by atomic mass is 9.72. The molecule has 1 fully saturated rings. The van der Waals surface area contributed by atoms with Crippen LogP contribution >= 0.6 is 0 Å². The maximum absolute atomic E-state index is 5.92. The lowest BCUT2D eigenvalue weighted by Gasteiger charge is -2.46. The molecule has 1 saturated heterocycles. The van der Waals surface area contributed by atoms with Crippen LogP contribution in [0.4, 0.5) is 0 Å². The van der Waals surface area contributed by atoms with Crippen molar-refractivity contribution in [1.82, 2.24) is 0 Å². The number of hydrogen-bond donors (Lipinski definition) is 0. The molecule has 1 aliphatic carbocycles. The number of hydrogen-bond acceptors (Lipinski definition) is 1. The average Bonchev–Trinajstić information content (AvgIpc) is 2.05. The fraction of sp³-hybridized carbons (Fsp3) is 0.818. The largest absolute Gasteiger partial charge is 0.370 e. The van der Waals surface area contributed by atoms with Gasteiger partial charge >= 0.3 is 0 Å². The molecule has 2 aliphatic heterocycles. The second-order valence-corrected chi connectivity index (χ2v) is 4.54. The number of rotatable bonds is 1. The van der Waals surface area contributed by atoms with Gasteiger partial charge in [-0.3, -0.25) is 0 Å². The van der Waals surface area contributed by atoms with Crippen molar-refractivity contribution in [3.8, 4) is 0 Å². The van der Waals surface area contributed by atoms with Gasteiger partial charge in [0.2, 0.25) is 0 Å². The monoisotopic (exact) mass is 166 g/mol. The molecule has 12 heavy (non-hydrogen) atoms. The van der Waals surface area contributed by atoms with E-state index in [1.54, 1.807) is 5.57 Å². The zero-order valence-corrected chi connectivity index (χ0v) is 8.26. The molecule has 1 nitrogen and oxygen atoms in total. The third-order valence-corrected chi connectivity index (χ3v) is 3.53. The second-order valence-electron chi connectivity index (χ2n) is 4.54. The second kappa shape index (κ2) is 2.59. The van der Waals surface area contributed by atoms with Crippen LogP contribution in [-0.4, -0.2) is 12.2 Å². The van der Waals surface area contributed by atoms with E-state index in [0.717, 1.165) is 12.5 Å². The van der Waals surface area contributed by atoms with Gasteiger partial charge in [0.15, 0.2) is 0 Å². The van der Waals surface area contributed by atoms with Crippen LogP contribution in [-0.2, 0) is 4.74 Å². The fourth-order valence-corrected chi connectivity index (χ4v) is 2.41. The topological polar surface area (TPSA) is 9.23 Å². The SMILES string of the molecule is CC1=CC2(C(C)C)CCC1CO2. The van der Waals surface area contributed by atoms with Gasteiger partial charge in [0.1, 0.15) is 0 Å². The predicted octanol–water partition coefficient (Wildman–Crippen LogP) is 2.77. The summed E-state index contributed by atoms with van der Waals surface area (Å²) in [6.45, 7) is 7.73. The van der Waals surface area contributed by atoms with Gasteiger partial charge in [0.05, 0.1) is 12.2 Å². The zero-order valence-electron chi connectivity index (χ0n) is 8.26. The third kappa shape index (κ3) is 1.03. The molecule has 2 atom stereocenters. The lowest BCUT2D eigenvalue weighted by Crippen LogP contribution is -2.46. The van der Waals surface area contributed by atoms with E-state index in [0.29, 0.717) is 5.92 Å². The molecule has 1 heteroatoms. The first-order chi connectivity index (χ1) is 5.64. The normalized spacial score (nSPS) is 40.3. The highest BCUT2D eigenvalue weighted by atomic mass is 16.5. The van der Waals surface area contributed by atoms with E-state index in [1.165, 1.54) is 12.8 Å². The zero-order chi connectivity index (χ0) is 8.77. The van der Waals surface area contributed by atoms with Crippen LogP contribution in [0, 0.1) is 11.8 Å². The molecule has 3 rings (SSSR count). The summed E-state index contributed by atoms with van der Waals surface area (Å²) in [6, 6.07) is 0. The number of ether oxygens (including phenoxy) is 1. The molecule has 0 N–H and O–H groups in total. The molecule has 0 saturated carbocycles. The third-order valence-electron chi connectivity index (χ3n) is 3.53. The molecule has 2 bridgehead atoms.